The molecule has 5 nitrogen and oxygen atoms in total. The molecule has 0 unspecified atom stereocenters. The maximum atomic E-state index is 11.9. The van der Waals surface area contributed by atoms with Crippen molar-refractivity contribution >= 4 is 23.3 Å². The zero-order valence-electron chi connectivity index (χ0n) is 8.76. The van der Waals surface area contributed by atoms with Gasteiger partial charge in [0.05, 0.1) is 4.88 Å². The maximum absolute atomic E-state index is 11.9. The maximum Gasteiger partial charge on any atom is 0.314 e. The quantitative estimate of drug-likeness (QED) is 0.779. The highest BCUT2D eigenvalue weighted by atomic mass is 32.1. The molecule has 16 heavy (non-hydrogen) atoms. The molecule has 1 saturated heterocycles. The number of primary amides is 1. The third-order valence-electron chi connectivity index (χ3n) is 2.61. The van der Waals surface area contributed by atoms with Gasteiger partial charge in [0.15, 0.2) is 0 Å². The molecule has 1 aliphatic rings. The van der Waals surface area contributed by atoms with Gasteiger partial charge in [0.2, 0.25) is 0 Å². The normalized spacial score (nSPS) is 16.2. The zero-order chi connectivity index (χ0) is 11.5. The standard InChI is InChI=1S/C10H13N3O2S/c11-10(15)13-5-3-12(4-6-13)9(14)8-2-1-7-16-8/h1-2,7H,3-6H2,(H2,11,15). The van der Waals surface area contributed by atoms with Crippen molar-refractivity contribution < 1.29 is 9.59 Å². The Labute approximate surface area is 97.4 Å². The van der Waals surface area contributed by atoms with E-state index in [0.29, 0.717) is 26.2 Å². The van der Waals surface area contributed by atoms with Crippen LogP contribution in [-0.4, -0.2) is 47.9 Å². The van der Waals surface area contributed by atoms with Gasteiger partial charge in [-0.15, -0.1) is 11.3 Å². The molecule has 3 amide bonds. The van der Waals surface area contributed by atoms with Gasteiger partial charge in [-0.3, -0.25) is 4.79 Å². The molecule has 1 fully saturated rings. The Morgan fingerprint density at radius 2 is 1.81 bits per heavy atom. The molecule has 1 aromatic rings. The van der Waals surface area contributed by atoms with E-state index in [9.17, 15) is 9.59 Å². The van der Waals surface area contributed by atoms with Crippen LogP contribution >= 0.6 is 11.3 Å². The largest absolute Gasteiger partial charge is 0.351 e. The van der Waals surface area contributed by atoms with Crippen LogP contribution in [0, 0.1) is 0 Å². The summed E-state index contributed by atoms with van der Waals surface area (Å²) in [7, 11) is 0. The minimum Gasteiger partial charge on any atom is -0.351 e. The van der Waals surface area contributed by atoms with Crippen molar-refractivity contribution in [1.29, 1.82) is 0 Å². The first-order chi connectivity index (χ1) is 7.68. The van der Waals surface area contributed by atoms with Gasteiger partial charge in [-0.25, -0.2) is 4.79 Å². The Kier molecular flexibility index (Phi) is 3.09. The summed E-state index contributed by atoms with van der Waals surface area (Å²) in [6.45, 7) is 2.15. The van der Waals surface area contributed by atoms with Gasteiger partial charge < -0.3 is 15.5 Å². The van der Waals surface area contributed by atoms with Gasteiger partial charge in [0.25, 0.3) is 5.91 Å². The number of carbonyl (C=O) groups excluding carboxylic acids is 2. The van der Waals surface area contributed by atoms with E-state index < -0.39 is 6.03 Å². The summed E-state index contributed by atoms with van der Waals surface area (Å²) in [4.78, 5) is 26.9. The van der Waals surface area contributed by atoms with E-state index in [1.165, 1.54) is 11.3 Å². The summed E-state index contributed by atoms with van der Waals surface area (Å²) in [5, 5.41) is 1.88. The van der Waals surface area contributed by atoms with Crippen LogP contribution in [0.5, 0.6) is 0 Å². The van der Waals surface area contributed by atoms with E-state index in [4.69, 9.17) is 5.73 Å². The van der Waals surface area contributed by atoms with E-state index >= 15 is 0 Å². The Hall–Kier alpha value is -1.56. The van der Waals surface area contributed by atoms with Gasteiger partial charge in [-0.2, -0.15) is 0 Å². The van der Waals surface area contributed by atoms with E-state index in [1.54, 1.807) is 9.80 Å². The van der Waals surface area contributed by atoms with E-state index in [0.717, 1.165) is 4.88 Å². The molecular formula is C10H13N3O2S. The summed E-state index contributed by atoms with van der Waals surface area (Å²) in [6, 6.07) is 3.26. The summed E-state index contributed by atoms with van der Waals surface area (Å²) < 4.78 is 0. The number of hydrogen-bond donors (Lipinski definition) is 1. The number of rotatable bonds is 1. The summed E-state index contributed by atoms with van der Waals surface area (Å²) in [5.74, 6) is 0.0409. The first kappa shape index (κ1) is 10.9. The molecule has 86 valence electrons. The van der Waals surface area contributed by atoms with Crippen LogP contribution in [0.25, 0.3) is 0 Å². The minimum absolute atomic E-state index is 0.0409. The minimum atomic E-state index is -0.414. The molecular weight excluding hydrogens is 226 g/mol. The van der Waals surface area contributed by atoms with E-state index in [1.807, 2.05) is 17.5 Å². The average molecular weight is 239 g/mol. The molecule has 2 N–H and O–H groups in total. The second-order valence-electron chi connectivity index (χ2n) is 3.59. The van der Waals surface area contributed by atoms with Gasteiger partial charge in [-0.1, -0.05) is 6.07 Å². The highest BCUT2D eigenvalue weighted by Crippen LogP contribution is 2.13. The number of piperazine rings is 1. The molecule has 2 rings (SSSR count). The van der Waals surface area contributed by atoms with Crippen LogP contribution in [0.15, 0.2) is 17.5 Å². The van der Waals surface area contributed by atoms with Crippen LogP contribution < -0.4 is 5.73 Å². The van der Waals surface area contributed by atoms with Crippen molar-refractivity contribution in [2.45, 2.75) is 0 Å². The number of amides is 3. The lowest BCUT2D eigenvalue weighted by atomic mass is 10.3. The predicted octanol–water partition coefficient (Wildman–Crippen LogP) is 0.585. The van der Waals surface area contributed by atoms with Crippen molar-refractivity contribution in [3.63, 3.8) is 0 Å². The van der Waals surface area contributed by atoms with Gasteiger partial charge >= 0.3 is 6.03 Å². The fraction of sp³-hybridized carbons (Fsp3) is 0.400. The van der Waals surface area contributed by atoms with Crippen LogP contribution in [0.3, 0.4) is 0 Å². The monoisotopic (exact) mass is 239 g/mol. The van der Waals surface area contributed by atoms with Crippen molar-refractivity contribution in [3.8, 4) is 0 Å². The summed E-state index contributed by atoms with van der Waals surface area (Å²) in [6.07, 6.45) is 0. The molecule has 0 bridgehead atoms. The molecule has 6 heteroatoms. The number of thiophene rings is 1. The van der Waals surface area contributed by atoms with Crippen LogP contribution in [0.4, 0.5) is 4.79 Å². The molecule has 1 aliphatic heterocycles. The van der Waals surface area contributed by atoms with Gasteiger partial charge in [-0.05, 0) is 11.4 Å². The summed E-state index contributed by atoms with van der Waals surface area (Å²) in [5.41, 5.74) is 5.17. The second kappa shape index (κ2) is 4.52. The lowest BCUT2D eigenvalue weighted by molar-refractivity contribution is 0.0674. The Morgan fingerprint density at radius 1 is 1.19 bits per heavy atom. The van der Waals surface area contributed by atoms with Crippen LogP contribution in [-0.2, 0) is 0 Å². The van der Waals surface area contributed by atoms with Crippen molar-refractivity contribution in [2.75, 3.05) is 26.2 Å². The Balaban J connectivity index is 1.94. The Morgan fingerprint density at radius 3 is 2.31 bits per heavy atom. The fourth-order valence-corrected chi connectivity index (χ4v) is 2.38. The van der Waals surface area contributed by atoms with E-state index in [2.05, 4.69) is 0 Å². The third-order valence-corrected chi connectivity index (χ3v) is 3.47. The first-order valence-electron chi connectivity index (χ1n) is 5.05. The molecule has 0 aliphatic carbocycles. The second-order valence-corrected chi connectivity index (χ2v) is 4.54. The van der Waals surface area contributed by atoms with Crippen molar-refractivity contribution in [3.05, 3.63) is 22.4 Å². The zero-order valence-corrected chi connectivity index (χ0v) is 9.57. The molecule has 0 saturated carbocycles. The van der Waals surface area contributed by atoms with Crippen molar-refractivity contribution in [1.82, 2.24) is 9.80 Å². The highest BCUT2D eigenvalue weighted by molar-refractivity contribution is 7.12. The number of hydrogen-bond acceptors (Lipinski definition) is 3. The molecule has 0 spiro atoms. The lowest BCUT2D eigenvalue weighted by Crippen LogP contribution is -2.51. The molecule has 2 heterocycles. The Bertz CT molecular complexity index is 383. The van der Waals surface area contributed by atoms with E-state index in [-0.39, 0.29) is 5.91 Å². The summed E-state index contributed by atoms with van der Waals surface area (Å²) >= 11 is 1.44. The number of nitrogens with two attached hydrogens (primary N) is 1. The molecule has 0 radical (unpaired) electrons. The van der Waals surface area contributed by atoms with Gasteiger partial charge in [0.1, 0.15) is 0 Å². The smallest absolute Gasteiger partial charge is 0.314 e. The third kappa shape index (κ3) is 2.16. The number of nitrogens with zero attached hydrogens (tertiary/aromatic N) is 2. The predicted molar refractivity (Wildman–Crippen MR) is 61.4 cm³/mol. The first-order valence-corrected chi connectivity index (χ1v) is 5.93. The number of carbonyl (C=O) groups is 2. The SMILES string of the molecule is NC(=O)N1CCN(C(=O)c2cccs2)CC1. The van der Waals surface area contributed by atoms with Gasteiger partial charge in [0, 0.05) is 26.2 Å². The lowest BCUT2D eigenvalue weighted by Gasteiger charge is -2.33. The highest BCUT2D eigenvalue weighted by Gasteiger charge is 2.23. The fourth-order valence-electron chi connectivity index (χ4n) is 1.69. The number of urea groups is 1. The topological polar surface area (TPSA) is 66.6 Å². The molecule has 1 aromatic heterocycles. The molecule has 0 aromatic carbocycles. The molecule has 0 atom stereocenters. The average Bonchev–Trinajstić information content (AvgIpc) is 2.81. The van der Waals surface area contributed by atoms with Crippen molar-refractivity contribution in [2.24, 2.45) is 5.73 Å². The van der Waals surface area contributed by atoms with Crippen LogP contribution in [0.1, 0.15) is 9.67 Å². The van der Waals surface area contributed by atoms with Crippen LogP contribution in [0.2, 0.25) is 0 Å².